The topological polar surface area (TPSA) is 42.2 Å². The number of nitrogen functional groups attached to an aromatic ring is 1. The molecule has 1 aromatic carbocycles. The van der Waals surface area contributed by atoms with E-state index in [4.69, 9.17) is 5.73 Å². The highest BCUT2D eigenvalue weighted by Crippen LogP contribution is 2.36. The largest absolute Gasteiger partial charge is 0.399 e. The van der Waals surface area contributed by atoms with Gasteiger partial charge in [0.1, 0.15) is 0 Å². The Hall–Kier alpha value is -1.77. The number of benzene rings is 1. The van der Waals surface area contributed by atoms with E-state index in [1.807, 2.05) is 12.1 Å². The molecule has 1 fully saturated rings. The molecule has 0 saturated heterocycles. The number of anilines is 2. The lowest BCUT2D eigenvalue weighted by Crippen LogP contribution is -2.26. The molecule has 2 aromatic rings. The van der Waals surface area contributed by atoms with Gasteiger partial charge < -0.3 is 10.6 Å². The van der Waals surface area contributed by atoms with Gasteiger partial charge in [-0.15, -0.1) is 0 Å². The van der Waals surface area contributed by atoms with Crippen LogP contribution in [0.4, 0.5) is 11.4 Å². The van der Waals surface area contributed by atoms with E-state index < -0.39 is 0 Å². The number of aromatic nitrogens is 1. The molecule has 1 aliphatic rings. The van der Waals surface area contributed by atoms with Crippen LogP contribution in [0.5, 0.6) is 0 Å². The van der Waals surface area contributed by atoms with Gasteiger partial charge >= 0.3 is 0 Å². The van der Waals surface area contributed by atoms with Crippen LogP contribution in [0.3, 0.4) is 0 Å². The standard InChI is InChI=1S/C16H21N3/c1-3-8-19(13-5-6-13)16-9-11(2)18-15-7-4-12(17)10-14(15)16/h4,7,9-10,13H,3,5-6,8,17H2,1-2H3. The summed E-state index contributed by atoms with van der Waals surface area (Å²) in [4.78, 5) is 7.16. The second-order valence-corrected chi connectivity index (χ2v) is 5.48. The van der Waals surface area contributed by atoms with Gasteiger partial charge in [0, 0.05) is 35.0 Å². The summed E-state index contributed by atoms with van der Waals surface area (Å²) in [5, 5.41) is 1.19. The molecular formula is C16H21N3. The van der Waals surface area contributed by atoms with Crippen molar-refractivity contribution in [1.29, 1.82) is 0 Å². The van der Waals surface area contributed by atoms with Crippen LogP contribution < -0.4 is 10.6 Å². The van der Waals surface area contributed by atoms with E-state index >= 15 is 0 Å². The average Bonchev–Trinajstić information content (AvgIpc) is 3.20. The number of hydrogen-bond acceptors (Lipinski definition) is 3. The first-order chi connectivity index (χ1) is 9.19. The monoisotopic (exact) mass is 255 g/mol. The molecule has 0 aliphatic heterocycles. The maximum atomic E-state index is 5.95. The van der Waals surface area contributed by atoms with E-state index in [2.05, 4.69) is 35.9 Å². The number of fused-ring (bicyclic) bond motifs is 1. The van der Waals surface area contributed by atoms with Crippen LogP contribution in [0.1, 0.15) is 31.9 Å². The Labute approximate surface area is 114 Å². The summed E-state index contributed by atoms with van der Waals surface area (Å²) in [6.45, 7) is 5.41. The van der Waals surface area contributed by atoms with Gasteiger partial charge in [0.05, 0.1) is 5.52 Å². The molecule has 0 radical (unpaired) electrons. The first kappa shape index (κ1) is 12.3. The number of nitrogens with zero attached hydrogens (tertiary/aromatic N) is 2. The van der Waals surface area contributed by atoms with E-state index in [0.29, 0.717) is 6.04 Å². The maximum absolute atomic E-state index is 5.95. The molecule has 0 bridgehead atoms. The maximum Gasteiger partial charge on any atom is 0.0727 e. The van der Waals surface area contributed by atoms with Crippen LogP contribution in [0.15, 0.2) is 24.3 Å². The van der Waals surface area contributed by atoms with Crippen molar-refractivity contribution in [2.45, 2.75) is 39.2 Å². The third-order valence-corrected chi connectivity index (χ3v) is 3.70. The number of rotatable bonds is 4. The molecule has 0 amide bonds. The minimum atomic E-state index is 0.714. The Balaban J connectivity index is 2.16. The summed E-state index contributed by atoms with van der Waals surface area (Å²) in [6, 6.07) is 8.93. The van der Waals surface area contributed by atoms with Gasteiger partial charge in [-0.1, -0.05) is 6.92 Å². The fraction of sp³-hybridized carbons (Fsp3) is 0.438. The number of nitrogens with two attached hydrogens (primary N) is 1. The van der Waals surface area contributed by atoms with Crippen LogP contribution >= 0.6 is 0 Å². The number of pyridine rings is 1. The zero-order valence-electron chi connectivity index (χ0n) is 11.7. The fourth-order valence-electron chi connectivity index (χ4n) is 2.72. The van der Waals surface area contributed by atoms with Crippen molar-refractivity contribution >= 4 is 22.3 Å². The SMILES string of the molecule is CCCN(c1cc(C)nc2ccc(N)cc12)C1CC1. The van der Waals surface area contributed by atoms with Crippen molar-refractivity contribution in [3.8, 4) is 0 Å². The molecule has 1 aliphatic carbocycles. The van der Waals surface area contributed by atoms with Crippen molar-refractivity contribution < 1.29 is 0 Å². The van der Waals surface area contributed by atoms with Crippen molar-refractivity contribution in [3.63, 3.8) is 0 Å². The van der Waals surface area contributed by atoms with Gasteiger partial charge in [0.25, 0.3) is 0 Å². The minimum Gasteiger partial charge on any atom is -0.399 e. The van der Waals surface area contributed by atoms with E-state index in [1.165, 1.54) is 30.3 Å². The lowest BCUT2D eigenvalue weighted by molar-refractivity contribution is 0.765. The smallest absolute Gasteiger partial charge is 0.0727 e. The second kappa shape index (κ2) is 4.72. The Bertz CT molecular complexity index is 602. The zero-order chi connectivity index (χ0) is 13.4. The predicted octanol–water partition coefficient (Wildman–Crippen LogP) is 3.50. The average molecular weight is 255 g/mol. The molecule has 2 N–H and O–H groups in total. The predicted molar refractivity (Wildman–Crippen MR) is 81.6 cm³/mol. The summed E-state index contributed by atoms with van der Waals surface area (Å²) in [5.41, 5.74) is 10.2. The molecule has 1 aromatic heterocycles. The summed E-state index contributed by atoms with van der Waals surface area (Å²) in [6.07, 6.45) is 3.79. The van der Waals surface area contributed by atoms with Crippen LogP contribution in [-0.2, 0) is 0 Å². The molecular weight excluding hydrogens is 234 g/mol. The van der Waals surface area contributed by atoms with Crippen LogP contribution in [0.25, 0.3) is 10.9 Å². The van der Waals surface area contributed by atoms with E-state index in [1.54, 1.807) is 0 Å². The zero-order valence-corrected chi connectivity index (χ0v) is 11.7. The molecule has 3 nitrogen and oxygen atoms in total. The summed E-state index contributed by atoms with van der Waals surface area (Å²) < 4.78 is 0. The van der Waals surface area contributed by atoms with E-state index in [0.717, 1.165) is 23.4 Å². The number of aryl methyl sites for hydroxylation is 1. The highest BCUT2D eigenvalue weighted by molar-refractivity contribution is 5.94. The molecule has 19 heavy (non-hydrogen) atoms. The molecule has 1 saturated carbocycles. The molecule has 3 rings (SSSR count). The molecule has 0 spiro atoms. The van der Waals surface area contributed by atoms with Crippen LogP contribution in [0.2, 0.25) is 0 Å². The lowest BCUT2D eigenvalue weighted by Gasteiger charge is -2.26. The first-order valence-corrected chi connectivity index (χ1v) is 7.12. The van der Waals surface area contributed by atoms with Gasteiger partial charge in [-0.05, 0) is 50.5 Å². The van der Waals surface area contributed by atoms with E-state index in [9.17, 15) is 0 Å². The molecule has 100 valence electrons. The first-order valence-electron chi connectivity index (χ1n) is 7.12. The Morgan fingerprint density at radius 1 is 1.32 bits per heavy atom. The van der Waals surface area contributed by atoms with Crippen molar-refractivity contribution in [2.75, 3.05) is 17.2 Å². The van der Waals surface area contributed by atoms with Gasteiger partial charge in [0.15, 0.2) is 0 Å². The highest BCUT2D eigenvalue weighted by atomic mass is 15.2. The number of hydrogen-bond donors (Lipinski definition) is 1. The highest BCUT2D eigenvalue weighted by Gasteiger charge is 2.29. The third-order valence-electron chi connectivity index (χ3n) is 3.70. The van der Waals surface area contributed by atoms with Crippen LogP contribution in [0, 0.1) is 6.92 Å². The normalized spacial score (nSPS) is 14.8. The van der Waals surface area contributed by atoms with Gasteiger partial charge in [-0.2, -0.15) is 0 Å². The molecule has 3 heteroatoms. The van der Waals surface area contributed by atoms with Crippen molar-refractivity contribution in [2.24, 2.45) is 0 Å². The Kier molecular flexibility index (Phi) is 3.05. The third kappa shape index (κ3) is 2.37. The summed E-state index contributed by atoms with van der Waals surface area (Å²) in [7, 11) is 0. The molecule has 0 unspecified atom stereocenters. The van der Waals surface area contributed by atoms with Crippen LogP contribution in [-0.4, -0.2) is 17.6 Å². The second-order valence-electron chi connectivity index (χ2n) is 5.48. The lowest BCUT2D eigenvalue weighted by atomic mass is 10.1. The summed E-state index contributed by atoms with van der Waals surface area (Å²) in [5.74, 6) is 0. The quantitative estimate of drug-likeness (QED) is 0.850. The Morgan fingerprint density at radius 3 is 2.79 bits per heavy atom. The van der Waals surface area contributed by atoms with Gasteiger partial charge in [0.2, 0.25) is 0 Å². The minimum absolute atomic E-state index is 0.714. The van der Waals surface area contributed by atoms with Crippen molar-refractivity contribution in [3.05, 3.63) is 30.0 Å². The summed E-state index contributed by atoms with van der Waals surface area (Å²) >= 11 is 0. The van der Waals surface area contributed by atoms with Crippen molar-refractivity contribution in [1.82, 2.24) is 4.98 Å². The molecule has 1 heterocycles. The van der Waals surface area contributed by atoms with E-state index in [-0.39, 0.29) is 0 Å². The Morgan fingerprint density at radius 2 is 2.11 bits per heavy atom. The molecule has 0 atom stereocenters. The van der Waals surface area contributed by atoms with Gasteiger partial charge in [-0.3, -0.25) is 4.98 Å². The van der Waals surface area contributed by atoms with Gasteiger partial charge in [-0.25, -0.2) is 0 Å². The fourth-order valence-corrected chi connectivity index (χ4v) is 2.72.